The number of ether oxygens (including phenoxy) is 1. The number of hydrogen-bond donors (Lipinski definition) is 2. The first-order valence-corrected chi connectivity index (χ1v) is 6.75. The second-order valence-corrected chi connectivity index (χ2v) is 4.17. The van der Waals surface area contributed by atoms with E-state index in [1.165, 1.54) is 6.07 Å². The fourth-order valence-electron chi connectivity index (χ4n) is 1.49. The summed E-state index contributed by atoms with van der Waals surface area (Å²) in [6, 6.07) is 3.29. The highest BCUT2D eigenvalue weighted by atomic mass is 16.5. The summed E-state index contributed by atoms with van der Waals surface area (Å²) in [7, 11) is 0. The Morgan fingerprint density at radius 2 is 1.68 bits per heavy atom. The van der Waals surface area contributed by atoms with Crippen LogP contribution in [0.15, 0.2) is 12.1 Å². The summed E-state index contributed by atoms with van der Waals surface area (Å²) in [5.41, 5.74) is 0.348. The van der Waals surface area contributed by atoms with Crippen LogP contribution >= 0.6 is 0 Å². The fourth-order valence-corrected chi connectivity index (χ4v) is 1.49. The smallest absolute Gasteiger partial charge is 0.268 e. The summed E-state index contributed by atoms with van der Waals surface area (Å²) >= 11 is 0. The Morgan fingerprint density at radius 3 is 2.21 bits per heavy atom. The molecule has 1 amide bonds. The predicted octanol–water partition coefficient (Wildman–Crippen LogP) is 3.86. The van der Waals surface area contributed by atoms with Crippen molar-refractivity contribution in [1.82, 2.24) is 0 Å². The van der Waals surface area contributed by atoms with Crippen LogP contribution < -0.4 is 10.1 Å². The minimum atomic E-state index is -0.897. The Labute approximate surface area is 115 Å². The quantitative estimate of drug-likeness (QED) is 0.702. The number of rotatable bonds is 0. The maximum atomic E-state index is 11.6. The van der Waals surface area contributed by atoms with Gasteiger partial charge in [-0.2, -0.15) is 0 Å². The Kier molecular flexibility index (Phi) is 6.39. The molecule has 0 spiro atoms. The number of fused-ring (bicyclic) bond motifs is 1. The fraction of sp³-hybridized carbons (Fsp3) is 0.533. The number of aromatic hydroxyl groups is 1. The second kappa shape index (κ2) is 7.02. The van der Waals surface area contributed by atoms with E-state index in [9.17, 15) is 9.90 Å². The van der Waals surface area contributed by atoms with Gasteiger partial charge in [-0.15, -0.1) is 0 Å². The zero-order valence-corrected chi connectivity index (χ0v) is 12.9. The van der Waals surface area contributed by atoms with Crippen LogP contribution in [0.2, 0.25) is 0 Å². The Hall–Kier alpha value is -1.71. The number of anilines is 1. The molecule has 0 unspecified atom stereocenters. The first kappa shape index (κ1) is 17.3. The van der Waals surface area contributed by atoms with Crippen molar-refractivity contribution in [1.29, 1.82) is 0 Å². The van der Waals surface area contributed by atoms with Crippen molar-refractivity contribution >= 4 is 11.6 Å². The predicted molar refractivity (Wildman–Crippen MR) is 78.9 cm³/mol. The molecule has 1 heterocycles. The van der Waals surface area contributed by atoms with Gasteiger partial charge in [0.15, 0.2) is 11.4 Å². The molecule has 0 saturated carbocycles. The molecule has 4 heteroatoms. The Bertz CT molecular complexity index is 439. The molecule has 0 atom stereocenters. The SMILES string of the molecule is CC.CC.Cc1ccc(O)c2c1OC(C)(C)C(=O)N2. The molecule has 108 valence electrons. The summed E-state index contributed by atoms with van der Waals surface area (Å²) in [5, 5.41) is 12.2. The average Bonchev–Trinajstić information content (AvgIpc) is 2.41. The molecule has 1 aromatic carbocycles. The van der Waals surface area contributed by atoms with Gasteiger partial charge in [0.25, 0.3) is 5.91 Å². The molecule has 1 aliphatic rings. The Morgan fingerprint density at radius 1 is 1.16 bits per heavy atom. The van der Waals surface area contributed by atoms with Gasteiger partial charge < -0.3 is 15.2 Å². The Balaban J connectivity index is 0.000000741. The number of phenolic OH excluding ortho intramolecular Hbond substituents is 1. The van der Waals surface area contributed by atoms with Gasteiger partial charge in [0, 0.05) is 0 Å². The van der Waals surface area contributed by atoms with Crippen LogP contribution in [0.4, 0.5) is 5.69 Å². The number of benzene rings is 1. The minimum absolute atomic E-state index is 0.0273. The van der Waals surface area contributed by atoms with Crippen LogP contribution in [-0.4, -0.2) is 16.6 Å². The number of aryl methyl sites for hydroxylation is 1. The molecule has 0 radical (unpaired) electrons. The molecule has 2 rings (SSSR count). The number of carbonyl (C=O) groups excluding carboxylic acids is 1. The van der Waals surface area contributed by atoms with Crippen molar-refractivity contribution in [2.75, 3.05) is 5.32 Å². The van der Waals surface area contributed by atoms with Gasteiger partial charge in [0.05, 0.1) is 0 Å². The van der Waals surface area contributed by atoms with Crippen molar-refractivity contribution in [2.45, 2.75) is 54.1 Å². The summed E-state index contributed by atoms with van der Waals surface area (Å²) in [4.78, 5) is 11.6. The van der Waals surface area contributed by atoms with Crippen LogP contribution in [-0.2, 0) is 4.79 Å². The normalized spacial score (nSPS) is 14.6. The van der Waals surface area contributed by atoms with Gasteiger partial charge in [-0.3, -0.25) is 4.79 Å². The third-order valence-electron chi connectivity index (χ3n) is 2.48. The second-order valence-electron chi connectivity index (χ2n) is 4.17. The molecule has 0 bridgehead atoms. The van der Waals surface area contributed by atoms with E-state index < -0.39 is 5.60 Å². The topological polar surface area (TPSA) is 58.6 Å². The van der Waals surface area contributed by atoms with Crippen molar-refractivity contribution < 1.29 is 14.6 Å². The average molecular weight is 267 g/mol. The number of carbonyl (C=O) groups is 1. The van der Waals surface area contributed by atoms with E-state index in [2.05, 4.69) is 5.32 Å². The van der Waals surface area contributed by atoms with Gasteiger partial charge in [0.2, 0.25) is 0 Å². The maximum Gasteiger partial charge on any atom is 0.268 e. The van der Waals surface area contributed by atoms with Crippen molar-refractivity contribution in [3.8, 4) is 11.5 Å². The molecule has 0 aromatic heterocycles. The van der Waals surface area contributed by atoms with Gasteiger partial charge in [-0.1, -0.05) is 33.8 Å². The van der Waals surface area contributed by atoms with E-state index in [0.29, 0.717) is 11.4 Å². The van der Waals surface area contributed by atoms with Crippen molar-refractivity contribution in [3.63, 3.8) is 0 Å². The van der Waals surface area contributed by atoms with E-state index in [0.717, 1.165) is 5.56 Å². The van der Waals surface area contributed by atoms with E-state index in [1.807, 2.05) is 34.6 Å². The molecule has 0 saturated heterocycles. The van der Waals surface area contributed by atoms with Crippen LogP contribution in [0.3, 0.4) is 0 Å². The van der Waals surface area contributed by atoms with E-state index in [1.54, 1.807) is 19.9 Å². The highest BCUT2D eigenvalue weighted by Crippen LogP contribution is 2.41. The molecule has 4 nitrogen and oxygen atoms in total. The maximum absolute atomic E-state index is 11.6. The molecule has 1 aliphatic heterocycles. The summed E-state index contributed by atoms with van der Waals surface area (Å²) in [6.07, 6.45) is 0. The molecule has 0 aliphatic carbocycles. The van der Waals surface area contributed by atoms with Gasteiger partial charge in [0.1, 0.15) is 11.4 Å². The summed E-state index contributed by atoms with van der Waals surface area (Å²) in [6.45, 7) is 13.2. The molecule has 2 N–H and O–H groups in total. The first-order chi connectivity index (χ1) is 8.92. The molecule has 19 heavy (non-hydrogen) atoms. The monoisotopic (exact) mass is 267 g/mol. The molecular formula is C15H25NO3. The molecular weight excluding hydrogens is 242 g/mol. The highest BCUT2D eigenvalue weighted by molar-refractivity contribution is 6.01. The lowest BCUT2D eigenvalue weighted by Gasteiger charge is -2.32. The number of phenols is 1. The summed E-state index contributed by atoms with van der Waals surface area (Å²) < 4.78 is 5.57. The lowest BCUT2D eigenvalue weighted by molar-refractivity contribution is -0.129. The van der Waals surface area contributed by atoms with Crippen LogP contribution in [0.25, 0.3) is 0 Å². The first-order valence-electron chi connectivity index (χ1n) is 6.75. The molecule has 1 aromatic rings. The number of amides is 1. The van der Waals surface area contributed by atoms with Gasteiger partial charge in [-0.05, 0) is 32.4 Å². The molecule has 0 fully saturated rings. The largest absolute Gasteiger partial charge is 0.506 e. The minimum Gasteiger partial charge on any atom is -0.506 e. The number of nitrogens with one attached hydrogen (secondary N) is 1. The standard InChI is InChI=1S/C11H13NO3.2C2H6/c1-6-4-5-7(13)8-9(6)15-11(2,3)10(14)12-8;2*1-2/h4-5,13H,1-3H3,(H,12,14);2*1-2H3. The lowest BCUT2D eigenvalue weighted by Crippen LogP contribution is -2.45. The van der Waals surface area contributed by atoms with Crippen LogP contribution in [0.1, 0.15) is 47.1 Å². The summed E-state index contributed by atoms with van der Waals surface area (Å²) in [5.74, 6) is 0.315. The lowest BCUT2D eigenvalue weighted by atomic mass is 10.0. The number of hydrogen-bond acceptors (Lipinski definition) is 3. The van der Waals surface area contributed by atoms with Gasteiger partial charge in [-0.25, -0.2) is 0 Å². The van der Waals surface area contributed by atoms with Crippen LogP contribution in [0, 0.1) is 6.92 Å². The van der Waals surface area contributed by atoms with Crippen LogP contribution in [0.5, 0.6) is 11.5 Å². The van der Waals surface area contributed by atoms with Gasteiger partial charge >= 0.3 is 0 Å². The zero-order chi connectivity index (χ0) is 15.2. The third-order valence-corrected chi connectivity index (χ3v) is 2.48. The third kappa shape index (κ3) is 3.63. The van der Waals surface area contributed by atoms with E-state index >= 15 is 0 Å². The van der Waals surface area contributed by atoms with Crippen molar-refractivity contribution in [3.05, 3.63) is 17.7 Å². The van der Waals surface area contributed by atoms with E-state index in [4.69, 9.17) is 4.74 Å². The van der Waals surface area contributed by atoms with Crippen molar-refractivity contribution in [2.24, 2.45) is 0 Å². The zero-order valence-electron chi connectivity index (χ0n) is 12.9. The highest BCUT2D eigenvalue weighted by Gasteiger charge is 2.37. The van der Waals surface area contributed by atoms with E-state index in [-0.39, 0.29) is 11.7 Å².